The molecule has 1 aromatic carbocycles. The van der Waals surface area contributed by atoms with Crippen molar-refractivity contribution >= 4 is 23.4 Å². The van der Waals surface area contributed by atoms with Crippen LogP contribution in [0, 0.1) is 0 Å². The molecule has 22 heavy (non-hydrogen) atoms. The van der Waals surface area contributed by atoms with Crippen molar-refractivity contribution in [1.29, 1.82) is 0 Å². The van der Waals surface area contributed by atoms with E-state index < -0.39 is 0 Å². The summed E-state index contributed by atoms with van der Waals surface area (Å²) in [4.78, 5) is 23.2. The highest BCUT2D eigenvalue weighted by atomic mass is 35.5. The summed E-state index contributed by atoms with van der Waals surface area (Å²) in [5.41, 5.74) is 0. The highest BCUT2D eigenvalue weighted by molar-refractivity contribution is 6.30. The minimum absolute atomic E-state index is 0.0820. The molecular formula is C15H19ClN2O4. The normalized spacial score (nSPS) is 17.0. The Morgan fingerprint density at radius 2 is 1.95 bits per heavy atom. The van der Waals surface area contributed by atoms with E-state index in [1.807, 2.05) is 0 Å². The molecule has 0 aliphatic carbocycles. The number of carbonyl (C=O) groups is 2. The molecule has 0 spiro atoms. The Bertz CT molecular complexity index is 501. The molecule has 7 heteroatoms. The van der Waals surface area contributed by atoms with Gasteiger partial charge in [-0.2, -0.15) is 0 Å². The zero-order valence-electron chi connectivity index (χ0n) is 12.1. The number of rotatable bonds is 7. The van der Waals surface area contributed by atoms with Crippen LogP contribution in [0.1, 0.15) is 12.8 Å². The molecule has 120 valence electrons. The van der Waals surface area contributed by atoms with Crippen molar-refractivity contribution in [1.82, 2.24) is 10.6 Å². The lowest BCUT2D eigenvalue weighted by molar-refractivity contribution is -0.130. The second kappa shape index (κ2) is 8.60. The molecular weight excluding hydrogens is 308 g/mol. The molecule has 1 heterocycles. The van der Waals surface area contributed by atoms with Crippen molar-refractivity contribution in [3.05, 3.63) is 29.3 Å². The second-order valence-corrected chi connectivity index (χ2v) is 5.32. The topological polar surface area (TPSA) is 76.7 Å². The van der Waals surface area contributed by atoms with Crippen molar-refractivity contribution in [2.24, 2.45) is 0 Å². The van der Waals surface area contributed by atoms with Gasteiger partial charge in [0.2, 0.25) is 5.91 Å². The highest BCUT2D eigenvalue weighted by Gasteiger charge is 2.22. The summed E-state index contributed by atoms with van der Waals surface area (Å²) in [5.74, 6) is 0.205. The largest absolute Gasteiger partial charge is 0.484 e. The lowest BCUT2D eigenvalue weighted by Crippen LogP contribution is -2.40. The summed E-state index contributed by atoms with van der Waals surface area (Å²) in [5, 5.41) is 6.00. The van der Waals surface area contributed by atoms with Gasteiger partial charge in [0.05, 0.1) is 0 Å². The van der Waals surface area contributed by atoms with Gasteiger partial charge in [0.1, 0.15) is 11.9 Å². The zero-order valence-corrected chi connectivity index (χ0v) is 12.9. The summed E-state index contributed by atoms with van der Waals surface area (Å²) >= 11 is 5.75. The summed E-state index contributed by atoms with van der Waals surface area (Å²) in [6, 6.07) is 6.76. The van der Waals surface area contributed by atoms with Crippen molar-refractivity contribution in [3.63, 3.8) is 0 Å². The van der Waals surface area contributed by atoms with E-state index in [9.17, 15) is 9.59 Å². The summed E-state index contributed by atoms with van der Waals surface area (Å²) in [7, 11) is 0. The third-order valence-electron chi connectivity index (χ3n) is 3.15. The van der Waals surface area contributed by atoms with E-state index >= 15 is 0 Å². The van der Waals surface area contributed by atoms with Crippen molar-refractivity contribution in [3.8, 4) is 5.75 Å². The van der Waals surface area contributed by atoms with Crippen LogP contribution in [0.2, 0.25) is 5.02 Å². The molecule has 0 bridgehead atoms. The smallest absolute Gasteiger partial charge is 0.258 e. The second-order valence-electron chi connectivity index (χ2n) is 4.89. The molecule has 0 radical (unpaired) electrons. The number of halogens is 1. The Hall–Kier alpha value is -1.79. The van der Waals surface area contributed by atoms with Gasteiger partial charge in [0.15, 0.2) is 6.61 Å². The zero-order chi connectivity index (χ0) is 15.8. The maximum atomic E-state index is 11.6. The first kappa shape index (κ1) is 16.6. The van der Waals surface area contributed by atoms with E-state index in [-0.39, 0.29) is 24.5 Å². The predicted molar refractivity (Wildman–Crippen MR) is 81.9 cm³/mol. The number of nitrogens with one attached hydrogen (secondary N) is 2. The molecule has 0 saturated carbocycles. The van der Waals surface area contributed by atoms with Crippen LogP contribution in [-0.2, 0) is 14.3 Å². The standard InChI is InChI=1S/C15H19ClN2O4/c16-11-3-5-12(6-4-11)22-10-14(19)17-7-8-18-15(20)13-2-1-9-21-13/h3-6,13H,1-2,7-10H2,(H,17,19)(H,18,20). The molecule has 6 nitrogen and oxygen atoms in total. The molecule has 1 aromatic rings. The van der Waals surface area contributed by atoms with E-state index in [0.29, 0.717) is 30.5 Å². The Morgan fingerprint density at radius 3 is 2.64 bits per heavy atom. The lowest BCUT2D eigenvalue weighted by Gasteiger charge is -2.11. The quantitative estimate of drug-likeness (QED) is 0.736. The minimum atomic E-state index is -0.344. The Kier molecular flexibility index (Phi) is 6.48. The Labute approximate surface area is 134 Å². The summed E-state index contributed by atoms with van der Waals surface area (Å²) in [6.45, 7) is 1.27. The van der Waals surface area contributed by atoms with Crippen molar-refractivity contribution in [2.45, 2.75) is 18.9 Å². The molecule has 0 aromatic heterocycles. The van der Waals surface area contributed by atoms with Gasteiger partial charge >= 0.3 is 0 Å². The minimum Gasteiger partial charge on any atom is -0.484 e. The molecule has 1 aliphatic rings. The SMILES string of the molecule is O=C(COc1ccc(Cl)cc1)NCCNC(=O)C1CCCO1. The van der Waals surface area contributed by atoms with Gasteiger partial charge in [-0.05, 0) is 37.1 Å². The average molecular weight is 327 g/mol. The van der Waals surface area contributed by atoms with Crippen LogP contribution < -0.4 is 15.4 Å². The summed E-state index contributed by atoms with van der Waals surface area (Å²) < 4.78 is 10.6. The summed E-state index contributed by atoms with van der Waals surface area (Å²) in [6.07, 6.45) is 1.33. The Morgan fingerprint density at radius 1 is 1.23 bits per heavy atom. The van der Waals surface area contributed by atoms with Crippen molar-refractivity contribution in [2.75, 3.05) is 26.3 Å². The third kappa shape index (κ3) is 5.54. The first-order valence-electron chi connectivity index (χ1n) is 7.19. The molecule has 2 N–H and O–H groups in total. The molecule has 1 aliphatic heterocycles. The highest BCUT2D eigenvalue weighted by Crippen LogP contribution is 2.15. The van der Waals surface area contributed by atoms with E-state index in [2.05, 4.69) is 10.6 Å². The van der Waals surface area contributed by atoms with Crippen LogP contribution in [0.4, 0.5) is 0 Å². The number of hydrogen-bond acceptors (Lipinski definition) is 4. The van der Waals surface area contributed by atoms with Gasteiger partial charge in [0.25, 0.3) is 5.91 Å². The number of amides is 2. The maximum Gasteiger partial charge on any atom is 0.258 e. The van der Waals surface area contributed by atoms with Crippen LogP contribution in [0.5, 0.6) is 5.75 Å². The first-order chi connectivity index (χ1) is 10.6. The maximum absolute atomic E-state index is 11.6. The predicted octanol–water partition coefficient (Wildman–Crippen LogP) is 1.13. The number of ether oxygens (including phenoxy) is 2. The van der Waals surface area contributed by atoms with Gasteiger partial charge in [-0.3, -0.25) is 9.59 Å². The lowest BCUT2D eigenvalue weighted by atomic mass is 10.2. The molecule has 1 atom stereocenters. The van der Waals surface area contributed by atoms with E-state index in [1.165, 1.54) is 0 Å². The molecule has 1 unspecified atom stereocenters. The number of carbonyl (C=O) groups excluding carboxylic acids is 2. The van der Waals surface area contributed by atoms with E-state index in [0.717, 1.165) is 12.8 Å². The molecule has 2 rings (SSSR count). The average Bonchev–Trinajstić information content (AvgIpc) is 3.05. The van der Waals surface area contributed by atoms with Crippen LogP contribution in [-0.4, -0.2) is 44.2 Å². The fourth-order valence-corrected chi connectivity index (χ4v) is 2.14. The van der Waals surface area contributed by atoms with E-state index in [1.54, 1.807) is 24.3 Å². The van der Waals surface area contributed by atoms with Crippen molar-refractivity contribution < 1.29 is 19.1 Å². The third-order valence-corrected chi connectivity index (χ3v) is 3.40. The van der Waals surface area contributed by atoms with Gasteiger partial charge in [0, 0.05) is 24.7 Å². The van der Waals surface area contributed by atoms with Crippen LogP contribution in [0.25, 0.3) is 0 Å². The van der Waals surface area contributed by atoms with Gasteiger partial charge in [-0.25, -0.2) is 0 Å². The molecule has 2 amide bonds. The fraction of sp³-hybridized carbons (Fsp3) is 0.467. The number of benzene rings is 1. The monoisotopic (exact) mass is 326 g/mol. The van der Waals surface area contributed by atoms with Crippen LogP contribution >= 0.6 is 11.6 Å². The van der Waals surface area contributed by atoms with Crippen LogP contribution in [0.3, 0.4) is 0 Å². The van der Waals surface area contributed by atoms with E-state index in [4.69, 9.17) is 21.1 Å². The fourth-order valence-electron chi connectivity index (χ4n) is 2.02. The molecule has 1 fully saturated rings. The van der Waals surface area contributed by atoms with Crippen LogP contribution in [0.15, 0.2) is 24.3 Å². The first-order valence-corrected chi connectivity index (χ1v) is 7.57. The Balaban J connectivity index is 1.55. The van der Waals surface area contributed by atoms with Gasteiger partial charge in [-0.15, -0.1) is 0 Å². The number of hydrogen-bond donors (Lipinski definition) is 2. The van der Waals surface area contributed by atoms with Gasteiger partial charge in [-0.1, -0.05) is 11.6 Å². The molecule has 1 saturated heterocycles. The van der Waals surface area contributed by atoms with Gasteiger partial charge < -0.3 is 20.1 Å².